The van der Waals surface area contributed by atoms with Gasteiger partial charge in [0.05, 0.1) is 11.1 Å². The Hall–Kier alpha value is -1.45. The molecule has 1 atom stereocenters. The summed E-state index contributed by atoms with van der Waals surface area (Å²) in [5, 5.41) is 12.3. The molecule has 0 bridgehead atoms. The van der Waals surface area contributed by atoms with Crippen LogP contribution >= 0.6 is 0 Å². The Bertz CT molecular complexity index is 608. The molecule has 3 nitrogen and oxygen atoms in total. The molecular formula is C18H24N2O. The zero-order valence-corrected chi connectivity index (χ0v) is 12.8. The first-order valence-electron chi connectivity index (χ1n) is 8.02. The molecule has 2 heterocycles. The van der Waals surface area contributed by atoms with E-state index in [-0.39, 0.29) is 0 Å². The smallest absolute Gasteiger partial charge is 0.0915 e. The molecule has 1 aromatic heterocycles. The molecule has 0 aliphatic carbocycles. The van der Waals surface area contributed by atoms with Gasteiger partial charge in [-0.05, 0) is 56.5 Å². The quantitative estimate of drug-likeness (QED) is 0.939. The van der Waals surface area contributed by atoms with Crippen molar-refractivity contribution in [2.75, 3.05) is 19.6 Å². The van der Waals surface area contributed by atoms with Gasteiger partial charge in [-0.3, -0.25) is 4.98 Å². The van der Waals surface area contributed by atoms with Gasteiger partial charge in [0.1, 0.15) is 0 Å². The van der Waals surface area contributed by atoms with Crippen LogP contribution in [0.3, 0.4) is 0 Å². The minimum Gasteiger partial charge on any atom is -0.385 e. The predicted molar refractivity (Wildman–Crippen MR) is 86.2 cm³/mol. The summed E-state index contributed by atoms with van der Waals surface area (Å²) in [4.78, 5) is 6.89. The lowest BCUT2D eigenvalue weighted by atomic mass is 9.84. The van der Waals surface area contributed by atoms with E-state index >= 15 is 0 Å². The summed E-state index contributed by atoms with van der Waals surface area (Å²) in [7, 11) is 0. The van der Waals surface area contributed by atoms with Crippen molar-refractivity contribution in [3.63, 3.8) is 0 Å². The third-order valence-corrected chi connectivity index (χ3v) is 4.59. The number of hydrogen-bond acceptors (Lipinski definition) is 3. The van der Waals surface area contributed by atoms with Gasteiger partial charge in [-0.15, -0.1) is 0 Å². The van der Waals surface area contributed by atoms with Crippen LogP contribution in [-0.4, -0.2) is 34.6 Å². The molecule has 0 radical (unpaired) electrons. The van der Waals surface area contributed by atoms with Gasteiger partial charge in [-0.1, -0.05) is 25.1 Å². The maximum atomic E-state index is 11.3. The Kier molecular flexibility index (Phi) is 4.22. The number of likely N-dealkylation sites (tertiary alicyclic amines) is 1. The number of nitrogens with zero attached hydrogens (tertiary/aromatic N) is 2. The van der Waals surface area contributed by atoms with Gasteiger partial charge in [0, 0.05) is 18.1 Å². The van der Waals surface area contributed by atoms with Crippen LogP contribution in [0, 0.1) is 0 Å². The lowest BCUT2D eigenvalue weighted by Gasteiger charge is -2.28. The first-order chi connectivity index (χ1) is 10.2. The fraction of sp³-hybridized carbons (Fsp3) is 0.500. The van der Waals surface area contributed by atoms with Crippen molar-refractivity contribution >= 4 is 10.9 Å². The van der Waals surface area contributed by atoms with Crippen molar-refractivity contribution in [2.45, 2.75) is 38.2 Å². The highest BCUT2D eigenvalue weighted by Crippen LogP contribution is 2.36. The van der Waals surface area contributed by atoms with Crippen molar-refractivity contribution in [2.24, 2.45) is 0 Å². The van der Waals surface area contributed by atoms with Crippen molar-refractivity contribution < 1.29 is 5.11 Å². The van der Waals surface area contributed by atoms with Crippen LogP contribution < -0.4 is 0 Å². The third-order valence-electron chi connectivity index (χ3n) is 4.59. The van der Waals surface area contributed by atoms with E-state index in [4.69, 9.17) is 0 Å². The molecule has 3 rings (SSSR count). The van der Waals surface area contributed by atoms with Gasteiger partial charge < -0.3 is 10.0 Å². The molecule has 0 saturated carbocycles. The lowest BCUT2D eigenvalue weighted by molar-refractivity contribution is 0.0227. The number of benzene rings is 1. The Labute approximate surface area is 126 Å². The Balaban J connectivity index is 1.93. The van der Waals surface area contributed by atoms with Crippen molar-refractivity contribution in [1.29, 1.82) is 0 Å². The minimum atomic E-state index is -0.717. The van der Waals surface area contributed by atoms with E-state index in [1.807, 2.05) is 24.4 Å². The van der Waals surface area contributed by atoms with Crippen molar-refractivity contribution in [3.8, 4) is 0 Å². The minimum absolute atomic E-state index is 0.717. The molecule has 1 aliphatic heterocycles. The second kappa shape index (κ2) is 6.12. The Morgan fingerprint density at radius 2 is 2.10 bits per heavy atom. The zero-order valence-electron chi connectivity index (χ0n) is 12.8. The maximum Gasteiger partial charge on any atom is 0.0915 e. The number of aliphatic hydroxyl groups is 1. The number of hydrogen-bond donors (Lipinski definition) is 1. The number of fused-ring (bicyclic) bond motifs is 1. The van der Waals surface area contributed by atoms with Gasteiger partial charge in [0.2, 0.25) is 0 Å². The molecule has 1 aromatic carbocycles. The average molecular weight is 284 g/mol. The molecule has 21 heavy (non-hydrogen) atoms. The van der Waals surface area contributed by atoms with Gasteiger partial charge in [0.25, 0.3) is 0 Å². The molecule has 1 unspecified atom stereocenters. The van der Waals surface area contributed by atoms with Gasteiger partial charge in [0.15, 0.2) is 0 Å². The topological polar surface area (TPSA) is 36.4 Å². The molecule has 1 fully saturated rings. The van der Waals surface area contributed by atoms with Gasteiger partial charge in [-0.2, -0.15) is 0 Å². The number of pyridine rings is 1. The third kappa shape index (κ3) is 2.94. The summed E-state index contributed by atoms with van der Waals surface area (Å²) < 4.78 is 0. The van der Waals surface area contributed by atoms with E-state index in [2.05, 4.69) is 28.9 Å². The second-order valence-corrected chi connectivity index (χ2v) is 6.10. The first-order valence-corrected chi connectivity index (χ1v) is 8.02. The molecule has 2 aromatic rings. The summed E-state index contributed by atoms with van der Waals surface area (Å²) in [6.07, 6.45) is 5.68. The van der Waals surface area contributed by atoms with E-state index < -0.39 is 5.60 Å². The van der Waals surface area contributed by atoms with Crippen LogP contribution in [0.25, 0.3) is 10.9 Å². The summed E-state index contributed by atoms with van der Waals surface area (Å²) in [6, 6.07) is 10.1. The lowest BCUT2D eigenvalue weighted by Crippen LogP contribution is -2.29. The average Bonchev–Trinajstić information content (AvgIpc) is 2.70. The standard InChI is InChI=1S/C18H24N2O/c1-2-12-20-13-5-9-18(21,10-14-20)16-7-3-8-17-15(16)6-4-11-19-17/h3-4,6-8,11,21H,2,5,9-10,12-14H2,1H3. The van der Waals surface area contributed by atoms with Crippen LogP contribution in [-0.2, 0) is 5.60 Å². The number of rotatable bonds is 3. The van der Waals surface area contributed by atoms with E-state index in [1.165, 1.54) is 6.42 Å². The maximum absolute atomic E-state index is 11.3. The van der Waals surface area contributed by atoms with Crippen molar-refractivity contribution in [1.82, 2.24) is 9.88 Å². The molecule has 1 saturated heterocycles. The van der Waals surface area contributed by atoms with Crippen LogP contribution in [0.15, 0.2) is 36.5 Å². The second-order valence-electron chi connectivity index (χ2n) is 6.10. The molecule has 0 amide bonds. The van der Waals surface area contributed by atoms with E-state index in [0.717, 1.165) is 55.4 Å². The fourth-order valence-corrected chi connectivity index (χ4v) is 3.49. The van der Waals surface area contributed by atoms with Gasteiger partial charge in [-0.25, -0.2) is 0 Å². The van der Waals surface area contributed by atoms with Gasteiger partial charge >= 0.3 is 0 Å². The van der Waals surface area contributed by atoms with Crippen LogP contribution in [0.5, 0.6) is 0 Å². The highest BCUT2D eigenvalue weighted by atomic mass is 16.3. The Morgan fingerprint density at radius 1 is 1.19 bits per heavy atom. The van der Waals surface area contributed by atoms with Crippen LogP contribution in [0.2, 0.25) is 0 Å². The number of aromatic nitrogens is 1. The highest BCUT2D eigenvalue weighted by molar-refractivity contribution is 5.82. The summed E-state index contributed by atoms with van der Waals surface area (Å²) in [5.74, 6) is 0. The largest absolute Gasteiger partial charge is 0.385 e. The van der Waals surface area contributed by atoms with Crippen LogP contribution in [0.1, 0.15) is 38.2 Å². The SMILES string of the molecule is CCCN1CCCC(O)(c2cccc3ncccc23)CC1. The Morgan fingerprint density at radius 3 is 2.95 bits per heavy atom. The molecule has 112 valence electrons. The first kappa shape index (κ1) is 14.5. The van der Waals surface area contributed by atoms with E-state index in [0.29, 0.717) is 0 Å². The van der Waals surface area contributed by atoms with E-state index in [1.54, 1.807) is 0 Å². The van der Waals surface area contributed by atoms with Crippen molar-refractivity contribution in [3.05, 3.63) is 42.1 Å². The normalized spacial score (nSPS) is 24.1. The fourth-order valence-electron chi connectivity index (χ4n) is 3.49. The summed E-state index contributed by atoms with van der Waals surface area (Å²) in [5.41, 5.74) is 1.30. The zero-order chi connectivity index (χ0) is 14.7. The monoisotopic (exact) mass is 284 g/mol. The van der Waals surface area contributed by atoms with Crippen LogP contribution in [0.4, 0.5) is 0 Å². The van der Waals surface area contributed by atoms with E-state index in [9.17, 15) is 5.11 Å². The predicted octanol–water partition coefficient (Wildman–Crippen LogP) is 3.32. The molecule has 1 N–H and O–H groups in total. The highest BCUT2D eigenvalue weighted by Gasteiger charge is 2.33. The summed E-state index contributed by atoms with van der Waals surface area (Å²) >= 11 is 0. The molecule has 3 heteroatoms. The molecular weight excluding hydrogens is 260 g/mol. The molecule has 0 spiro atoms. The molecule has 1 aliphatic rings. The summed E-state index contributed by atoms with van der Waals surface area (Å²) in [6.45, 7) is 5.42.